The molecule has 4 nitrogen and oxygen atoms in total. The fraction of sp³-hybridized carbons (Fsp3) is 0.583. The summed E-state index contributed by atoms with van der Waals surface area (Å²) in [5, 5.41) is 0. The highest BCUT2D eigenvalue weighted by atomic mass is 16.5. The molecule has 0 radical (unpaired) electrons. The van der Waals surface area contributed by atoms with Crippen molar-refractivity contribution in [3.63, 3.8) is 0 Å². The normalized spacial score (nSPS) is 10.9. The number of aryl methyl sites for hydroxylation is 2. The summed E-state index contributed by atoms with van der Waals surface area (Å²) in [6.07, 6.45) is 0. The number of ether oxygens (including phenoxy) is 1. The lowest BCUT2D eigenvalue weighted by Crippen LogP contribution is -2.20. The van der Waals surface area contributed by atoms with Gasteiger partial charge in [-0.1, -0.05) is 0 Å². The largest absolute Gasteiger partial charge is 0.492 e. The van der Waals surface area contributed by atoms with E-state index in [0.29, 0.717) is 13.2 Å². The van der Waals surface area contributed by atoms with Gasteiger partial charge in [-0.25, -0.2) is 0 Å². The summed E-state index contributed by atoms with van der Waals surface area (Å²) in [4.78, 5) is 6.46. The van der Waals surface area contributed by atoms with Gasteiger partial charge in [-0.3, -0.25) is 4.98 Å². The summed E-state index contributed by atoms with van der Waals surface area (Å²) >= 11 is 0. The molecule has 0 saturated carbocycles. The lowest BCUT2D eigenvalue weighted by molar-refractivity contribution is 0.259. The summed E-state index contributed by atoms with van der Waals surface area (Å²) in [6.45, 7) is 5.96. The molecule has 0 bridgehead atoms. The van der Waals surface area contributed by atoms with Crippen molar-refractivity contribution in [3.8, 4) is 5.75 Å². The minimum Gasteiger partial charge on any atom is -0.492 e. The van der Waals surface area contributed by atoms with Crippen LogP contribution in [0.3, 0.4) is 0 Å². The molecule has 0 atom stereocenters. The molecule has 0 saturated heterocycles. The van der Waals surface area contributed by atoms with Crippen LogP contribution in [0.15, 0.2) is 6.07 Å². The zero-order valence-electron chi connectivity index (χ0n) is 10.6. The molecular weight excluding hydrogens is 202 g/mol. The van der Waals surface area contributed by atoms with Crippen molar-refractivity contribution in [3.05, 3.63) is 23.0 Å². The maximum atomic E-state index is 5.74. The van der Waals surface area contributed by atoms with Gasteiger partial charge in [0.15, 0.2) is 0 Å². The fourth-order valence-electron chi connectivity index (χ4n) is 1.53. The second-order valence-corrected chi connectivity index (χ2v) is 4.18. The van der Waals surface area contributed by atoms with Crippen LogP contribution in [0.4, 0.5) is 0 Å². The van der Waals surface area contributed by atoms with Crippen LogP contribution in [0.2, 0.25) is 0 Å². The summed E-state index contributed by atoms with van der Waals surface area (Å²) in [5.74, 6) is 0.870. The average molecular weight is 223 g/mol. The Hall–Kier alpha value is -1.13. The molecule has 16 heavy (non-hydrogen) atoms. The van der Waals surface area contributed by atoms with Crippen molar-refractivity contribution in [2.75, 3.05) is 27.2 Å². The number of rotatable bonds is 5. The zero-order chi connectivity index (χ0) is 12.1. The predicted octanol–water partition coefficient (Wildman–Crippen LogP) is 1.10. The highest BCUT2D eigenvalue weighted by molar-refractivity contribution is 5.37. The van der Waals surface area contributed by atoms with Gasteiger partial charge in [0.1, 0.15) is 12.4 Å². The molecule has 0 aliphatic carbocycles. The lowest BCUT2D eigenvalue weighted by atomic mass is 10.1. The Morgan fingerprint density at radius 3 is 2.62 bits per heavy atom. The molecule has 0 aromatic carbocycles. The quantitative estimate of drug-likeness (QED) is 0.812. The number of pyridine rings is 1. The molecule has 90 valence electrons. The highest BCUT2D eigenvalue weighted by Crippen LogP contribution is 2.21. The molecule has 0 unspecified atom stereocenters. The molecule has 0 amide bonds. The zero-order valence-corrected chi connectivity index (χ0v) is 10.6. The standard InChI is InChI=1S/C12H21N3O/c1-9-7-12(16-6-5-15(3)4)11(8-13)10(2)14-9/h7H,5-6,8,13H2,1-4H3. The van der Waals surface area contributed by atoms with Crippen LogP contribution in [-0.2, 0) is 6.54 Å². The van der Waals surface area contributed by atoms with Gasteiger partial charge in [0.25, 0.3) is 0 Å². The van der Waals surface area contributed by atoms with Crippen molar-refractivity contribution in [1.29, 1.82) is 0 Å². The van der Waals surface area contributed by atoms with E-state index in [4.69, 9.17) is 10.5 Å². The van der Waals surface area contributed by atoms with Crippen molar-refractivity contribution in [2.45, 2.75) is 20.4 Å². The Labute approximate surface area is 97.4 Å². The van der Waals surface area contributed by atoms with Crippen molar-refractivity contribution < 1.29 is 4.74 Å². The van der Waals surface area contributed by atoms with Gasteiger partial charge in [-0.2, -0.15) is 0 Å². The van der Waals surface area contributed by atoms with E-state index >= 15 is 0 Å². The highest BCUT2D eigenvalue weighted by Gasteiger charge is 2.08. The van der Waals surface area contributed by atoms with Crippen molar-refractivity contribution in [2.24, 2.45) is 5.73 Å². The molecule has 1 rings (SSSR count). The van der Waals surface area contributed by atoms with E-state index in [9.17, 15) is 0 Å². The summed E-state index contributed by atoms with van der Waals surface area (Å²) in [7, 11) is 4.05. The van der Waals surface area contributed by atoms with Gasteiger partial charge < -0.3 is 15.4 Å². The van der Waals surface area contributed by atoms with E-state index in [0.717, 1.165) is 29.2 Å². The Bertz CT molecular complexity index is 350. The van der Waals surface area contributed by atoms with Gasteiger partial charge in [-0.05, 0) is 27.9 Å². The van der Waals surface area contributed by atoms with E-state index in [1.807, 2.05) is 34.0 Å². The molecule has 1 aromatic rings. The average Bonchev–Trinajstić information content (AvgIpc) is 2.16. The Balaban J connectivity index is 2.77. The first-order valence-corrected chi connectivity index (χ1v) is 5.49. The van der Waals surface area contributed by atoms with Crippen LogP contribution in [0.25, 0.3) is 0 Å². The minimum absolute atomic E-state index is 0.469. The molecule has 4 heteroatoms. The molecule has 0 fully saturated rings. The van der Waals surface area contributed by atoms with Gasteiger partial charge in [0.2, 0.25) is 0 Å². The molecule has 1 heterocycles. The predicted molar refractivity (Wildman–Crippen MR) is 65.7 cm³/mol. The third-order valence-corrected chi connectivity index (χ3v) is 2.42. The van der Waals surface area contributed by atoms with Gasteiger partial charge >= 0.3 is 0 Å². The van der Waals surface area contributed by atoms with Crippen molar-refractivity contribution >= 4 is 0 Å². The first-order chi connectivity index (χ1) is 7.54. The van der Waals surface area contributed by atoms with Crippen LogP contribution in [0, 0.1) is 13.8 Å². The van der Waals surface area contributed by atoms with E-state index in [1.165, 1.54) is 0 Å². The van der Waals surface area contributed by atoms with Crippen LogP contribution in [0.5, 0.6) is 5.75 Å². The molecule has 1 aromatic heterocycles. The Morgan fingerprint density at radius 2 is 2.06 bits per heavy atom. The van der Waals surface area contributed by atoms with Crippen LogP contribution >= 0.6 is 0 Å². The lowest BCUT2D eigenvalue weighted by Gasteiger charge is -2.15. The molecule has 2 N–H and O–H groups in total. The fourth-order valence-corrected chi connectivity index (χ4v) is 1.53. The van der Waals surface area contributed by atoms with Crippen LogP contribution in [0.1, 0.15) is 17.0 Å². The molecule has 0 spiro atoms. The maximum absolute atomic E-state index is 5.74. The topological polar surface area (TPSA) is 51.4 Å². The van der Waals surface area contributed by atoms with Gasteiger partial charge in [0.05, 0.1) is 0 Å². The molecule has 0 aliphatic rings. The summed E-state index contributed by atoms with van der Waals surface area (Å²) in [5.41, 5.74) is 8.63. The number of hydrogen-bond acceptors (Lipinski definition) is 4. The second kappa shape index (κ2) is 5.82. The number of aromatic nitrogens is 1. The third kappa shape index (κ3) is 3.47. The first-order valence-electron chi connectivity index (χ1n) is 5.49. The SMILES string of the molecule is Cc1cc(OCCN(C)C)c(CN)c(C)n1. The van der Waals surface area contributed by atoms with Gasteiger partial charge in [-0.15, -0.1) is 0 Å². The summed E-state index contributed by atoms with van der Waals surface area (Å²) in [6, 6.07) is 1.95. The monoisotopic (exact) mass is 223 g/mol. The number of nitrogens with two attached hydrogens (primary N) is 1. The minimum atomic E-state index is 0.469. The number of nitrogens with zero attached hydrogens (tertiary/aromatic N) is 2. The Morgan fingerprint density at radius 1 is 1.38 bits per heavy atom. The number of likely N-dealkylation sites (N-methyl/N-ethyl adjacent to an activating group) is 1. The van der Waals surface area contributed by atoms with Crippen LogP contribution < -0.4 is 10.5 Å². The van der Waals surface area contributed by atoms with Crippen molar-refractivity contribution in [1.82, 2.24) is 9.88 Å². The van der Waals surface area contributed by atoms with E-state index in [1.54, 1.807) is 0 Å². The smallest absolute Gasteiger partial charge is 0.127 e. The van der Waals surface area contributed by atoms with E-state index < -0.39 is 0 Å². The maximum Gasteiger partial charge on any atom is 0.127 e. The summed E-state index contributed by atoms with van der Waals surface area (Å²) < 4.78 is 5.74. The third-order valence-electron chi connectivity index (χ3n) is 2.42. The Kier molecular flexibility index (Phi) is 4.71. The number of hydrogen-bond donors (Lipinski definition) is 1. The first kappa shape index (κ1) is 12.9. The van der Waals surface area contributed by atoms with Gasteiger partial charge in [0, 0.05) is 36.1 Å². The second-order valence-electron chi connectivity index (χ2n) is 4.18. The van der Waals surface area contributed by atoms with E-state index in [-0.39, 0.29) is 0 Å². The van der Waals surface area contributed by atoms with Crippen LogP contribution in [-0.4, -0.2) is 37.1 Å². The molecule has 0 aliphatic heterocycles. The molecular formula is C12H21N3O. The van der Waals surface area contributed by atoms with E-state index in [2.05, 4.69) is 9.88 Å².